The largest absolute Gasteiger partial charge is 0.324 e. The number of likely N-dealkylation sites (N-methyl/N-ethyl adjacent to an activating group) is 1. The van der Waals surface area contributed by atoms with Crippen molar-refractivity contribution in [2.75, 3.05) is 37.4 Å². The minimum Gasteiger partial charge on any atom is -0.324 e. The smallest absolute Gasteiger partial charge is 0.281 e. The number of nitrogens with zero attached hydrogens (tertiary/aromatic N) is 3. The molecule has 1 atom stereocenters. The number of nitrogens with one attached hydrogen (secondary N) is 1. The number of carbonyl (C=O) groups excluding carboxylic acids is 2. The van der Waals surface area contributed by atoms with E-state index in [9.17, 15) is 18.0 Å². The maximum atomic E-state index is 13.0. The lowest BCUT2D eigenvalue weighted by Crippen LogP contribution is -2.48. The fourth-order valence-electron chi connectivity index (χ4n) is 3.05. The third kappa shape index (κ3) is 4.85. The second kappa shape index (κ2) is 8.81. The molecule has 2 amide bonds. The Morgan fingerprint density at radius 2 is 1.93 bits per heavy atom. The van der Waals surface area contributed by atoms with E-state index >= 15 is 0 Å². The molecule has 1 aliphatic heterocycles. The van der Waals surface area contributed by atoms with E-state index < -0.39 is 10.2 Å². The van der Waals surface area contributed by atoms with Gasteiger partial charge in [0.15, 0.2) is 0 Å². The number of rotatable bonds is 7. The Hall–Kier alpha value is -1.97. The van der Waals surface area contributed by atoms with Crippen LogP contribution in [0.3, 0.4) is 0 Å². The van der Waals surface area contributed by atoms with Crippen LogP contribution in [0.5, 0.6) is 0 Å². The Balaban J connectivity index is 2.22. The zero-order valence-corrected chi connectivity index (χ0v) is 17.1. The Bertz CT molecular complexity index is 796. The van der Waals surface area contributed by atoms with Gasteiger partial charge in [-0.05, 0) is 25.5 Å². The zero-order chi connectivity index (χ0) is 20.2. The number of benzene rings is 1. The molecule has 1 N–H and O–H groups in total. The molecule has 27 heavy (non-hydrogen) atoms. The second-order valence-corrected chi connectivity index (χ2v) is 8.96. The molecule has 1 heterocycles. The van der Waals surface area contributed by atoms with Gasteiger partial charge in [0.2, 0.25) is 11.8 Å². The van der Waals surface area contributed by atoms with Gasteiger partial charge in [-0.2, -0.15) is 17.0 Å². The van der Waals surface area contributed by atoms with E-state index in [4.69, 9.17) is 0 Å². The van der Waals surface area contributed by atoms with E-state index in [1.807, 2.05) is 6.92 Å². The van der Waals surface area contributed by atoms with Gasteiger partial charge in [-0.15, -0.1) is 0 Å². The van der Waals surface area contributed by atoms with Crippen LogP contribution in [0, 0.1) is 0 Å². The summed E-state index contributed by atoms with van der Waals surface area (Å²) in [5, 5.41) is 2.79. The highest BCUT2D eigenvalue weighted by Gasteiger charge is 2.32. The zero-order valence-electron chi connectivity index (χ0n) is 16.3. The average Bonchev–Trinajstić information content (AvgIpc) is 2.73. The number of hydrogen-bond acceptors (Lipinski definition) is 4. The van der Waals surface area contributed by atoms with Crippen LogP contribution in [0.25, 0.3) is 0 Å². The number of carbonyl (C=O) groups is 2. The molecule has 1 unspecified atom stereocenters. The molecule has 1 aliphatic rings. The van der Waals surface area contributed by atoms with Gasteiger partial charge < -0.3 is 10.2 Å². The quantitative estimate of drug-likeness (QED) is 0.759. The number of anilines is 2. The molecule has 0 saturated carbocycles. The van der Waals surface area contributed by atoms with Crippen LogP contribution in [0.15, 0.2) is 24.3 Å². The molecule has 0 spiro atoms. The molecule has 9 heteroatoms. The van der Waals surface area contributed by atoms with Gasteiger partial charge in [-0.3, -0.25) is 9.59 Å². The maximum absolute atomic E-state index is 13.0. The van der Waals surface area contributed by atoms with E-state index in [-0.39, 0.29) is 30.8 Å². The van der Waals surface area contributed by atoms with Crippen LogP contribution >= 0.6 is 0 Å². The van der Waals surface area contributed by atoms with Gasteiger partial charge in [0.05, 0.1) is 17.9 Å². The lowest BCUT2D eigenvalue weighted by Gasteiger charge is -2.30. The molecule has 0 aromatic heterocycles. The molecular weight excluding hydrogens is 368 g/mol. The van der Waals surface area contributed by atoms with Crippen molar-refractivity contribution in [3.05, 3.63) is 24.3 Å². The van der Waals surface area contributed by atoms with E-state index in [1.165, 1.54) is 23.3 Å². The second-order valence-electron chi connectivity index (χ2n) is 6.82. The third-order valence-corrected chi connectivity index (χ3v) is 6.49. The fraction of sp³-hybridized carbons (Fsp3) is 0.556. The molecule has 2 rings (SSSR count). The Morgan fingerprint density at radius 1 is 1.26 bits per heavy atom. The summed E-state index contributed by atoms with van der Waals surface area (Å²) in [5.41, 5.74) is 1.12. The van der Waals surface area contributed by atoms with Gasteiger partial charge in [-0.1, -0.05) is 25.5 Å². The first-order valence-corrected chi connectivity index (χ1v) is 10.5. The highest BCUT2D eigenvalue weighted by atomic mass is 32.2. The summed E-state index contributed by atoms with van der Waals surface area (Å²) in [6.07, 6.45) is 1.78. The SMILES string of the molecule is CCCCN(C)S(=O)(=O)N(C)CC(=O)N1c2ccccc2NC(=O)CC1C. The van der Waals surface area contributed by atoms with Crippen molar-refractivity contribution in [3.8, 4) is 0 Å². The van der Waals surface area contributed by atoms with Crippen molar-refractivity contribution < 1.29 is 18.0 Å². The van der Waals surface area contributed by atoms with Crippen molar-refractivity contribution in [2.24, 2.45) is 0 Å². The highest BCUT2D eigenvalue weighted by molar-refractivity contribution is 7.86. The minimum atomic E-state index is -3.72. The number of fused-ring (bicyclic) bond motifs is 1. The molecule has 0 aliphatic carbocycles. The van der Waals surface area contributed by atoms with E-state index in [1.54, 1.807) is 31.2 Å². The van der Waals surface area contributed by atoms with Crippen LogP contribution < -0.4 is 10.2 Å². The van der Waals surface area contributed by atoms with Gasteiger partial charge in [0, 0.05) is 33.1 Å². The van der Waals surface area contributed by atoms with Crippen molar-refractivity contribution in [1.82, 2.24) is 8.61 Å². The van der Waals surface area contributed by atoms with Crippen molar-refractivity contribution >= 4 is 33.4 Å². The van der Waals surface area contributed by atoms with Crippen LogP contribution in [-0.4, -0.2) is 62.1 Å². The number of hydrogen-bond donors (Lipinski definition) is 1. The summed E-state index contributed by atoms with van der Waals surface area (Å²) in [6.45, 7) is 3.87. The van der Waals surface area contributed by atoms with Gasteiger partial charge in [-0.25, -0.2) is 0 Å². The summed E-state index contributed by atoms with van der Waals surface area (Å²) in [4.78, 5) is 26.5. The van der Waals surface area contributed by atoms with Gasteiger partial charge >= 0.3 is 0 Å². The summed E-state index contributed by atoms with van der Waals surface area (Å²) >= 11 is 0. The molecule has 0 saturated heterocycles. The van der Waals surface area contributed by atoms with E-state index in [0.717, 1.165) is 17.1 Å². The topological polar surface area (TPSA) is 90.0 Å². The molecule has 0 fully saturated rings. The fourth-order valence-corrected chi connectivity index (χ4v) is 4.16. The lowest BCUT2D eigenvalue weighted by molar-refractivity contribution is -0.119. The first-order chi connectivity index (χ1) is 12.7. The number of para-hydroxylation sites is 2. The Kier molecular flexibility index (Phi) is 6.96. The van der Waals surface area contributed by atoms with Crippen molar-refractivity contribution in [3.63, 3.8) is 0 Å². The normalized spacial score (nSPS) is 17.6. The first kappa shape index (κ1) is 21.3. The minimum absolute atomic E-state index is 0.146. The molecule has 1 aromatic rings. The number of unbranched alkanes of at least 4 members (excludes halogenated alkanes) is 1. The van der Waals surface area contributed by atoms with Gasteiger partial charge in [0.25, 0.3) is 10.2 Å². The van der Waals surface area contributed by atoms with Crippen molar-refractivity contribution in [2.45, 2.75) is 39.2 Å². The third-order valence-electron chi connectivity index (χ3n) is 4.60. The van der Waals surface area contributed by atoms with E-state index in [2.05, 4.69) is 5.32 Å². The predicted octanol–water partition coefficient (Wildman–Crippen LogP) is 1.66. The van der Waals surface area contributed by atoms with Crippen molar-refractivity contribution in [1.29, 1.82) is 0 Å². The Morgan fingerprint density at radius 3 is 2.59 bits per heavy atom. The highest BCUT2D eigenvalue weighted by Crippen LogP contribution is 2.31. The lowest BCUT2D eigenvalue weighted by atomic mass is 10.1. The number of amides is 2. The molecule has 8 nitrogen and oxygen atoms in total. The summed E-state index contributed by atoms with van der Waals surface area (Å²) in [7, 11) is -0.814. The van der Waals surface area contributed by atoms with Crippen LogP contribution in [0.4, 0.5) is 11.4 Å². The monoisotopic (exact) mass is 396 g/mol. The van der Waals surface area contributed by atoms with Crippen LogP contribution in [0.1, 0.15) is 33.1 Å². The average molecular weight is 397 g/mol. The molecule has 0 bridgehead atoms. The molecule has 0 radical (unpaired) electrons. The van der Waals surface area contributed by atoms with Crippen LogP contribution in [-0.2, 0) is 19.8 Å². The predicted molar refractivity (Wildman–Crippen MR) is 106 cm³/mol. The van der Waals surface area contributed by atoms with Crippen LogP contribution in [0.2, 0.25) is 0 Å². The maximum Gasteiger partial charge on any atom is 0.281 e. The Labute approximate surface area is 161 Å². The molecule has 150 valence electrons. The standard InChI is InChI=1S/C18H28N4O4S/c1-5-6-11-20(3)27(25,26)21(4)13-18(24)22-14(2)12-17(23)19-15-9-7-8-10-16(15)22/h7-10,14H,5-6,11-13H2,1-4H3,(H,19,23). The summed E-state index contributed by atoms with van der Waals surface area (Å²) in [6, 6.07) is 6.65. The molecule has 1 aromatic carbocycles. The first-order valence-electron chi connectivity index (χ1n) is 9.07. The summed E-state index contributed by atoms with van der Waals surface area (Å²) < 4.78 is 27.5. The molecular formula is C18H28N4O4S. The van der Waals surface area contributed by atoms with Gasteiger partial charge in [0.1, 0.15) is 0 Å². The van der Waals surface area contributed by atoms with E-state index in [0.29, 0.717) is 17.9 Å². The summed E-state index contributed by atoms with van der Waals surface area (Å²) in [5.74, 6) is -0.549.